The summed E-state index contributed by atoms with van der Waals surface area (Å²) >= 11 is 0. The van der Waals surface area contributed by atoms with Crippen LogP contribution in [0.2, 0.25) is 0 Å². The zero-order chi connectivity index (χ0) is 36.4. The number of hydrogen-bond donors (Lipinski definition) is 0. The zero-order valence-corrected chi connectivity index (χ0v) is 32.5. The molecule has 0 unspecified atom stereocenters. The molecule has 1 aliphatic carbocycles. The van der Waals surface area contributed by atoms with Gasteiger partial charge in [-0.3, -0.25) is 0 Å². The van der Waals surface area contributed by atoms with Crippen LogP contribution in [0, 0.1) is 0 Å². The Kier molecular flexibility index (Phi) is 17.4. The first-order valence-corrected chi connectivity index (χ1v) is 19.9. The van der Waals surface area contributed by atoms with Crippen molar-refractivity contribution in [3.8, 4) is 11.5 Å². The van der Waals surface area contributed by atoms with Gasteiger partial charge in [-0.05, 0) is 74.9 Å². The number of allylic oxidation sites excluding steroid dienone is 4. The molecule has 273 valence electrons. The Balaban J connectivity index is 0.000000381. The second kappa shape index (κ2) is 22.2. The Hall–Kier alpha value is -4.13. The summed E-state index contributed by atoms with van der Waals surface area (Å²) in [6.45, 7) is 0. The van der Waals surface area contributed by atoms with Gasteiger partial charge >= 0.3 is 7.25 Å². The standard InChI is InChI=1S/C36H28OP2.C8H12.BF4.Rh/c1-5-17-29(18-6-1)38(30-19-7-2-8-20-30)35-27-15-13-25-33(35)37-34-26-14-16-28-36(34)39(31-21-9-3-10-22-31)32-23-11-4-12-24-32;1-2-4-6-8-7-5-3-1;2-1(3,4)5;/h1-28H;1-2,7-8H,3-6H2;;/q;;-1;. The maximum Gasteiger partial charge on any atom is 0.673 e. The summed E-state index contributed by atoms with van der Waals surface area (Å²) in [6.07, 6.45) is 14.0. The molecular weight excluding hydrogens is 796 g/mol. The van der Waals surface area contributed by atoms with Crippen LogP contribution in [-0.2, 0) is 19.5 Å². The summed E-state index contributed by atoms with van der Waals surface area (Å²) in [4.78, 5) is 0. The van der Waals surface area contributed by atoms with Crippen LogP contribution in [0.4, 0.5) is 17.3 Å². The Morgan fingerprint density at radius 2 is 0.585 bits per heavy atom. The maximum atomic E-state index is 9.75. The second-order valence-electron chi connectivity index (χ2n) is 11.6. The molecule has 9 heteroatoms. The third-order valence-corrected chi connectivity index (χ3v) is 12.8. The second-order valence-corrected chi connectivity index (χ2v) is 16.0. The van der Waals surface area contributed by atoms with E-state index in [0.29, 0.717) is 0 Å². The Morgan fingerprint density at radius 3 is 0.849 bits per heavy atom. The summed E-state index contributed by atoms with van der Waals surface area (Å²) in [6, 6.07) is 60.2. The van der Waals surface area contributed by atoms with Crippen LogP contribution in [0.25, 0.3) is 0 Å². The van der Waals surface area contributed by atoms with Gasteiger partial charge in [0.25, 0.3) is 0 Å². The molecule has 0 saturated heterocycles. The van der Waals surface area contributed by atoms with Crippen molar-refractivity contribution in [3.63, 3.8) is 0 Å². The largest absolute Gasteiger partial charge is 0.673 e. The van der Waals surface area contributed by atoms with Gasteiger partial charge in [-0.25, -0.2) is 0 Å². The fraction of sp³-hybridized carbons (Fsp3) is 0.0909. The molecule has 0 fully saturated rings. The van der Waals surface area contributed by atoms with Gasteiger partial charge < -0.3 is 22.0 Å². The van der Waals surface area contributed by atoms with E-state index in [-0.39, 0.29) is 19.5 Å². The molecule has 0 aliphatic heterocycles. The van der Waals surface area contributed by atoms with Crippen molar-refractivity contribution in [1.82, 2.24) is 0 Å². The average Bonchev–Trinajstić information content (AvgIpc) is 3.14. The summed E-state index contributed by atoms with van der Waals surface area (Å²) in [7, 11) is -7.59. The van der Waals surface area contributed by atoms with Gasteiger partial charge in [0, 0.05) is 30.1 Å². The molecule has 0 N–H and O–H groups in total. The third-order valence-electron chi connectivity index (χ3n) is 7.82. The molecule has 0 amide bonds. The Labute approximate surface area is 326 Å². The molecule has 7 rings (SSSR count). The number of halogens is 4. The number of benzene rings is 6. The molecule has 0 heterocycles. The summed E-state index contributed by atoms with van der Waals surface area (Å²) in [5.41, 5.74) is 0. The fourth-order valence-electron chi connectivity index (χ4n) is 5.59. The first kappa shape index (κ1) is 41.6. The molecule has 6 aromatic rings. The van der Waals surface area contributed by atoms with E-state index in [1.807, 2.05) is 0 Å². The molecule has 0 atom stereocenters. The predicted octanol–water partition coefficient (Wildman–Crippen LogP) is 11.0. The van der Waals surface area contributed by atoms with E-state index in [9.17, 15) is 17.3 Å². The van der Waals surface area contributed by atoms with Gasteiger partial charge in [-0.15, -0.1) is 0 Å². The third kappa shape index (κ3) is 13.7. The smallest absolute Gasteiger partial charge is 0.456 e. The first-order valence-electron chi connectivity index (χ1n) is 17.2. The topological polar surface area (TPSA) is 9.23 Å². The normalized spacial score (nSPS) is 12.3. The number of rotatable bonds is 8. The van der Waals surface area contributed by atoms with E-state index in [1.54, 1.807) is 0 Å². The maximum absolute atomic E-state index is 9.75. The Bertz CT molecular complexity index is 1740. The fourth-order valence-corrected chi connectivity index (χ4v) is 10.3. The molecule has 1 aliphatic rings. The van der Waals surface area contributed by atoms with Gasteiger partial charge in [0.1, 0.15) is 11.5 Å². The molecule has 0 spiro atoms. The van der Waals surface area contributed by atoms with E-state index >= 15 is 0 Å². The van der Waals surface area contributed by atoms with Crippen LogP contribution < -0.4 is 36.6 Å². The summed E-state index contributed by atoms with van der Waals surface area (Å²) in [5.74, 6) is 1.81. The minimum atomic E-state index is -6.00. The molecule has 0 bridgehead atoms. The Morgan fingerprint density at radius 1 is 0.358 bits per heavy atom. The van der Waals surface area contributed by atoms with E-state index in [4.69, 9.17) is 4.74 Å². The van der Waals surface area contributed by atoms with Crippen molar-refractivity contribution in [3.05, 3.63) is 194 Å². The monoisotopic (exact) mass is 836 g/mol. The van der Waals surface area contributed by atoms with Crippen LogP contribution >= 0.6 is 15.8 Å². The number of para-hydroxylation sites is 2. The quantitative estimate of drug-likeness (QED) is 0.0642. The minimum Gasteiger partial charge on any atom is -0.456 e. The van der Waals surface area contributed by atoms with Crippen molar-refractivity contribution >= 4 is 54.9 Å². The number of hydrogen-bond acceptors (Lipinski definition) is 1. The van der Waals surface area contributed by atoms with Gasteiger partial charge in [0.2, 0.25) is 0 Å². The first-order chi connectivity index (χ1) is 25.4. The van der Waals surface area contributed by atoms with Crippen molar-refractivity contribution < 1.29 is 41.5 Å². The van der Waals surface area contributed by atoms with Crippen LogP contribution in [-0.4, -0.2) is 7.25 Å². The van der Waals surface area contributed by atoms with E-state index < -0.39 is 23.1 Å². The van der Waals surface area contributed by atoms with Crippen molar-refractivity contribution in [2.75, 3.05) is 0 Å². The summed E-state index contributed by atoms with van der Waals surface area (Å²) in [5, 5.41) is 7.64. The van der Waals surface area contributed by atoms with Gasteiger partial charge in [0.05, 0.1) is 0 Å². The van der Waals surface area contributed by atoms with Crippen LogP contribution in [0.3, 0.4) is 0 Å². The van der Waals surface area contributed by atoms with Gasteiger partial charge in [-0.2, -0.15) is 0 Å². The van der Waals surface area contributed by atoms with Crippen molar-refractivity contribution in [2.45, 2.75) is 25.7 Å². The van der Waals surface area contributed by atoms with E-state index in [1.165, 1.54) is 57.5 Å². The molecule has 1 nitrogen and oxygen atoms in total. The summed E-state index contributed by atoms with van der Waals surface area (Å²) < 4.78 is 45.9. The molecule has 6 aromatic carbocycles. The molecule has 1 radical (unpaired) electrons. The average molecular weight is 836 g/mol. The van der Waals surface area contributed by atoms with E-state index in [2.05, 4.69) is 194 Å². The van der Waals surface area contributed by atoms with Gasteiger partial charge in [0.15, 0.2) is 0 Å². The van der Waals surface area contributed by atoms with Gasteiger partial charge in [-0.1, -0.05) is 182 Å². The van der Waals surface area contributed by atoms with Crippen molar-refractivity contribution in [1.29, 1.82) is 0 Å². The molecule has 53 heavy (non-hydrogen) atoms. The van der Waals surface area contributed by atoms with Crippen molar-refractivity contribution in [2.24, 2.45) is 0 Å². The van der Waals surface area contributed by atoms with Crippen LogP contribution in [0.1, 0.15) is 25.7 Å². The van der Waals surface area contributed by atoms with E-state index in [0.717, 1.165) is 11.5 Å². The predicted molar refractivity (Wildman–Crippen MR) is 217 cm³/mol. The molecular formula is C44H40BF4OP2Rh-. The van der Waals surface area contributed by atoms with Crippen LogP contribution in [0.5, 0.6) is 11.5 Å². The molecule has 0 aromatic heterocycles. The van der Waals surface area contributed by atoms with Crippen LogP contribution in [0.15, 0.2) is 194 Å². The SMILES string of the molecule is C1=CCCC=CCC1.F[B-](F)(F)F.[Rh].c1ccc(P(c2ccccc2)c2ccccc2Oc2ccccc2P(c2ccccc2)c2ccccc2)cc1. The minimum absolute atomic E-state index is 0. The zero-order valence-electron chi connectivity index (χ0n) is 29.0. The molecule has 0 saturated carbocycles. The number of ether oxygens (including phenoxy) is 1.